The van der Waals surface area contributed by atoms with E-state index in [0.717, 1.165) is 34.2 Å². The van der Waals surface area contributed by atoms with Gasteiger partial charge in [0, 0.05) is 17.6 Å². The second kappa shape index (κ2) is 8.80. The van der Waals surface area contributed by atoms with Crippen molar-refractivity contribution in [2.75, 3.05) is 6.54 Å². The van der Waals surface area contributed by atoms with Gasteiger partial charge < -0.3 is 5.32 Å². The van der Waals surface area contributed by atoms with E-state index in [1.807, 2.05) is 24.3 Å². The first-order chi connectivity index (χ1) is 12.8. The van der Waals surface area contributed by atoms with E-state index in [9.17, 15) is 13.2 Å². The number of nitrogens with one attached hydrogen (secondary N) is 1. The highest BCUT2D eigenvalue weighted by Crippen LogP contribution is 2.37. The van der Waals surface area contributed by atoms with Crippen LogP contribution in [0.2, 0.25) is 8.67 Å². The minimum atomic E-state index is -4.01. The van der Waals surface area contributed by atoms with Gasteiger partial charge in [0.05, 0.1) is 4.34 Å². The molecule has 0 spiro atoms. The van der Waals surface area contributed by atoms with Gasteiger partial charge in [-0.25, -0.2) is 8.42 Å². The third-order valence-electron chi connectivity index (χ3n) is 4.32. The number of benzene rings is 1. The van der Waals surface area contributed by atoms with Crippen molar-refractivity contribution in [3.05, 3.63) is 49.0 Å². The van der Waals surface area contributed by atoms with Crippen LogP contribution in [0.15, 0.2) is 39.7 Å². The predicted molar refractivity (Wildman–Crippen MR) is 112 cm³/mol. The maximum atomic E-state index is 13.4. The van der Waals surface area contributed by atoms with Crippen LogP contribution in [0.1, 0.15) is 24.8 Å². The van der Waals surface area contributed by atoms with E-state index in [-0.39, 0.29) is 26.0 Å². The number of thiophene rings is 1. The fraction of sp³-hybridized carbons (Fsp3) is 0.353. The van der Waals surface area contributed by atoms with Crippen molar-refractivity contribution in [3.8, 4) is 0 Å². The highest BCUT2D eigenvalue weighted by atomic mass is 79.9. The molecule has 1 saturated heterocycles. The molecular formula is C17H17BrCl2N2O3S2. The second-order valence-electron chi connectivity index (χ2n) is 6.17. The first-order valence-electron chi connectivity index (χ1n) is 8.28. The minimum absolute atomic E-state index is 0.0617. The molecule has 27 heavy (non-hydrogen) atoms. The summed E-state index contributed by atoms with van der Waals surface area (Å²) in [7, 11) is -4.01. The number of hydrogen-bond donors (Lipinski definition) is 1. The zero-order chi connectivity index (χ0) is 19.6. The van der Waals surface area contributed by atoms with Crippen LogP contribution in [0.4, 0.5) is 0 Å². The molecule has 10 heteroatoms. The van der Waals surface area contributed by atoms with Crippen LogP contribution in [-0.2, 0) is 21.4 Å². The van der Waals surface area contributed by atoms with Crippen LogP contribution in [0.5, 0.6) is 0 Å². The summed E-state index contributed by atoms with van der Waals surface area (Å²) >= 11 is 16.4. The Balaban J connectivity index is 2.04. The topological polar surface area (TPSA) is 66.5 Å². The molecule has 2 aromatic rings. The maximum Gasteiger partial charge on any atom is 0.246 e. The van der Waals surface area contributed by atoms with Crippen LogP contribution < -0.4 is 5.32 Å². The first-order valence-corrected chi connectivity index (χ1v) is 12.1. The molecule has 0 aliphatic carbocycles. The largest absolute Gasteiger partial charge is 0.355 e. The van der Waals surface area contributed by atoms with E-state index in [1.54, 1.807) is 0 Å². The van der Waals surface area contributed by atoms with Crippen LogP contribution >= 0.6 is 50.5 Å². The standard InChI is InChI=1S/C17H17BrCl2N2O3S2/c18-12-6-4-11(5-7-12)10-22(13-3-1-2-8-21-17(13)23)27(24,25)14-9-15(19)26-16(14)20/h4-7,9,13H,1-3,8,10H2,(H,21,23). The number of carbonyl (C=O) groups is 1. The Labute approximate surface area is 180 Å². The van der Waals surface area contributed by atoms with Crippen LogP contribution in [0.3, 0.4) is 0 Å². The molecule has 1 aromatic heterocycles. The van der Waals surface area contributed by atoms with Gasteiger partial charge >= 0.3 is 0 Å². The summed E-state index contributed by atoms with van der Waals surface area (Å²) in [4.78, 5) is 12.5. The van der Waals surface area contributed by atoms with E-state index in [0.29, 0.717) is 13.0 Å². The average Bonchev–Trinajstić information content (AvgIpc) is 2.83. The second-order valence-corrected chi connectivity index (χ2v) is 11.2. The molecule has 0 radical (unpaired) electrons. The highest BCUT2D eigenvalue weighted by molar-refractivity contribution is 9.10. The Morgan fingerprint density at radius 3 is 2.56 bits per heavy atom. The third kappa shape index (κ3) is 4.86. The number of hydrogen-bond acceptors (Lipinski definition) is 4. The third-order valence-corrected chi connectivity index (χ3v) is 8.45. The predicted octanol–water partition coefficient (Wildman–Crippen LogP) is 4.68. The maximum absolute atomic E-state index is 13.4. The van der Waals surface area contributed by atoms with Crippen LogP contribution in [0, 0.1) is 0 Å². The lowest BCUT2D eigenvalue weighted by molar-refractivity contribution is -0.124. The number of amides is 1. The van der Waals surface area contributed by atoms with Crippen molar-refractivity contribution in [2.24, 2.45) is 0 Å². The van der Waals surface area contributed by atoms with E-state index >= 15 is 0 Å². The van der Waals surface area contributed by atoms with E-state index in [2.05, 4.69) is 21.2 Å². The van der Waals surface area contributed by atoms with Gasteiger partial charge in [-0.2, -0.15) is 4.31 Å². The molecule has 3 rings (SSSR count). The van der Waals surface area contributed by atoms with E-state index < -0.39 is 16.1 Å². The molecule has 1 aliphatic heterocycles. The molecular weight excluding hydrogens is 495 g/mol. The van der Waals surface area contributed by atoms with Gasteiger partial charge in [0.25, 0.3) is 0 Å². The molecule has 1 amide bonds. The number of nitrogens with zero attached hydrogens (tertiary/aromatic N) is 1. The van der Waals surface area contributed by atoms with Crippen molar-refractivity contribution in [1.82, 2.24) is 9.62 Å². The zero-order valence-corrected chi connectivity index (χ0v) is 18.9. The van der Waals surface area contributed by atoms with Crippen LogP contribution in [-0.4, -0.2) is 31.2 Å². The Morgan fingerprint density at radius 1 is 1.22 bits per heavy atom. The molecule has 1 atom stereocenters. The zero-order valence-electron chi connectivity index (χ0n) is 14.1. The van der Waals surface area contributed by atoms with Crippen molar-refractivity contribution >= 4 is 66.4 Å². The molecule has 1 aliphatic rings. The number of rotatable bonds is 5. The SMILES string of the molecule is O=C1NCCCCC1N(Cc1ccc(Br)cc1)S(=O)(=O)c1cc(Cl)sc1Cl. The average molecular weight is 512 g/mol. The molecule has 146 valence electrons. The molecule has 1 unspecified atom stereocenters. The lowest BCUT2D eigenvalue weighted by Crippen LogP contribution is -2.48. The van der Waals surface area contributed by atoms with Gasteiger partial charge in [-0.05, 0) is 43.0 Å². The van der Waals surface area contributed by atoms with Gasteiger partial charge in [-0.3, -0.25) is 4.79 Å². The fourth-order valence-corrected chi connectivity index (χ4v) is 6.94. The van der Waals surface area contributed by atoms with E-state index in [4.69, 9.17) is 23.2 Å². The van der Waals surface area contributed by atoms with Crippen molar-refractivity contribution < 1.29 is 13.2 Å². The lowest BCUT2D eigenvalue weighted by Gasteiger charge is -2.29. The van der Waals surface area contributed by atoms with Gasteiger partial charge in [0.1, 0.15) is 15.3 Å². The summed E-state index contributed by atoms with van der Waals surface area (Å²) in [5.74, 6) is -0.286. The van der Waals surface area contributed by atoms with Gasteiger partial charge in [-0.15, -0.1) is 11.3 Å². The molecule has 1 fully saturated rings. The molecule has 5 nitrogen and oxygen atoms in total. The molecule has 0 saturated carbocycles. The molecule has 2 heterocycles. The van der Waals surface area contributed by atoms with Gasteiger partial charge in [-0.1, -0.05) is 51.3 Å². The summed E-state index contributed by atoms with van der Waals surface area (Å²) in [6.45, 7) is 0.615. The quantitative estimate of drug-likeness (QED) is 0.633. The Kier molecular flexibility index (Phi) is 6.87. The van der Waals surface area contributed by atoms with Crippen molar-refractivity contribution in [2.45, 2.75) is 36.7 Å². The summed E-state index contributed by atoms with van der Waals surface area (Å²) in [6, 6.07) is 7.86. The molecule has 1 N–H and O–H groups in total. The normalized spacial score (nSPS) is 18.4. The van der Waals surface area contributed by atoms with Crippen LogP contribution in [0.25, 0.3) is 0 Å². The molecule has 1 aromatic carbocycles. The highest BCUT2D eigenvalue weighted by Gasteiger charge is 2.38. The van der Waals surface area contributed by atoms with E-state index in [1.165, 1.54) is 10.4 Å². The Bertz CT molecular complexity index is 932. The Hall–Kier alpha value is -0.640. The number of sulfonamides is 1. The summed E-state index contributed by atoms with van der Waals surface area (Å²) in [6.07, 6.45) is 2.03. The fourth-order valence-electron chi connectivity index (χ4n) is 2.96. The first kappa shape index (κ1) is 21.1. The Morgan fingerprint density at radius 2 is 1.93 bits per heavy atom. The smallest absolute Gasteiger partial charge is 0.246 e. The summed E-state index contributed by atoms with van der Waals surface area (Å²) in [5.41, 5.74) is 0.774. The van der Waals surface area contributed by atoms with Gasteiger partial charge in [0.2, 0.25) is 15.9 Å². The number of halogens is 3. The van der Waals surface area contributed by atoms with Crippen molar-refractivity contribution in [3.63, 3.8) is 0 Å². The molecule has 0 bridgehead atoms. The van der Waals surface area contributed by atoms with Gasteiger partial charge in [0.15, 0.2) is 0 Å². The number of carbonyl (C=O) groups excluding carboxylic acids is 1. The summed E-state index contributed by atoms with van der Waals surface area (Å²) < 4.78 is 29.3. The van der Waals surface area contributed by atoms with Crippen molar-refractivity contribution in [1.29, 1.82) is 0 Å². The minimum Gasteiger partial charge on any atom is -0.355 e. The monoisotopic (exact) mass is 510 g/mol. The summed E-state index contributed by atoms with van der Waals surface area (Å²) in [5, 5.41) is 2.80. The lowest BCUT2D eigenvalue weighted by atomic mass is 10.1.